The second-order valence-electron chi connectivity index (χ2n) is 4.45. The van der Waals surface area contributed by atoms with Crippen LogP contribution in [0, 0.1) is 5.82 Å². The summed E-state index contributed by atoms with van der Waals surface area (Å²) >= 11 is 0. The molecule has 86 valence electrons. The van der Waals surface area contributed by atoms with Crippen molar-refractivity contribution in [3.8, 4) is 0 Å². The van der Waals surface area contributed by atoms with Gasteiger partial charge in [-0.05, 0) is 30.7 Å². The van der Waals surface area contributed by atoms with E-state index >= 15 is 0 Å². The Hall–Kier alpha value is -1.13. The van der Waals surface area contributed by atoms with Crippen LogP contribution in [-0.2, 0) is 4.74 Å². The maximum atomic E-state index is 12.9. The average molecular weight is 222 g/mol. The molecule has 0 aliphatic carbocycles. The topological polar surface area (TPSA) is 38.5 Å². The fourth-order valence-electron chi connectivity index (χ4n) is 2.83. The number of benzene rings is 1. The minimum Gasteiger partial charge on any atom is -0.374 e. The van der Waals surface area contributed by atoms with Crippen molar-refractivity contribution in [3.63, 3.8) is 0 Å². The van der Waals surface area contributed by atoms with Gasteiger partial charge in [-0.15, -0.1) is 0 Å². The van der Waals surface area contributed by atoms with Gasteiger partial charge in [0.1, 0.15) is 5.82 Å². The number of halogens is 1. The number of hydrogen-bond donors (Lipinski definition) is 1. The Morgan fingerprint density at radius 2 is 2.12 bits per heavy atom. The second kappa shape index (κ2) is 3.71. The third-order valence-corrected chi connectivity index (χ3v) is 3.55. The standard InChI is InChI=1S/C12H15FN2O/c13-8-1-3-9(4-2-8)15-10-5-12(16-7-10)11(15)6-14/h1-4,10-12H,5-7,14H2. The largest absolute Gasteiger partial charge is 0.374 e. The summed E-state index contributed by atoms with van der Waals surface area (Å²) in [5.74, 6) is -0.200. The number of nitrogens with zero attached hydrogens (tertiary/aromatic N) is 1. The molecule has 2 fully saturated rings. The van der Waals surface area contributed by atoms with Gasteiger partial charge < -0.3 is 15.4 Å². The van der Waals surface area contributed by atoms with Crippen molar-refractivity contribution in [3.05, 3.63) is 30.1 Å². The Morgan fingerprint density at radius 1 is 1.38 bits per heavy atom. The molecule has 0 saturated carbocycles. The lowest BCUT2D eigenvalue weighted by Crippen LogP contribution is -2.49. The van der Waals surface area contributed by atoms with Gasteiger partial charge in [0.2, 0.25) is 0 Å². The molecule has 1 aromatic carbocycles. The molecule has 2 saturated heterocycles. The smallest absolute Gasteiger partial charge is 0.123 e. The van der Waals surface area contributed by atoms with E-state index in [4.69, 9.17) is 10.5 Å². The van der Waals surface area contributed by atoms with Crippen LogP contribution in [-0.4, -0.2) is 31.3 Å². The lowest BCUT2D eigenvalue weighted by Gasteiger charge is -2.36. The van der Waals surface area contributed by atoms with Crippen molar-refractivity contribution in [2.75, 3.05) is 18.1 Å². The summed E-state index contributed by atoms with van der Waals surface area (Å²) in [6.45, 7) is 1.34. The lowest BCUT2D eigenvalue weighted by atomic mass is 10.1. The van der Waals surface area contributed by atoms with Crippen molar-refractivity contribution in [2.24, 2.45) is 5.73 Å². The van der Waals surface area contributed by atoms with Crippen LogP contribution in [0.4, 0.5) is 10.1 Å². The highest BCUT2D eigenvalue weighted by atomic mass is 19.1. The van der Waals surface area contributed by atoms with Crippen LogP contribution < -0.4 is 10.6 Å². The third kappa shape index (κ3) is 1.41. The van der Waals surface area contributed by atoms with Crippen molar-refractivity contribution in [1.29, 1.82) is 0 Å². The summed E-state index contributed by atoms with van der Waals surface area (Å²) in [6, 6.07) is 7.27. The van der Waals surface area contributed by atoms with Gasteiger partial charge in [0.15, 0.2) is 0 Å². The molecule has 2 heterocycles. The van der Waals surface area contributed by atoms with E-state index in [0.29, 0.717) is 12.6 Å². The van der Waals surface area contributed by atoms with Crippen LogP contribution in [0.1, 0.15) is 6.42 Å². The van der Waals surface area contributed by atoms with E-state index in [1.165, 1.54) is 12.1 Å². The van der Waals surface area contributed by atoms with Gasteiger partial charge in [-0.2, -0.15) is 0 Å². The number of nitrogens with two attached hydrogens (primary N) is 1. The van der Waals surface area contributed by atoms with Crippen molar-refractivity contribution in [2.45, 2.75) is 24.6 Å². The first-order valence-corrected chi connectivity index (χ1v) is 5.65. The number of rotatable bonds is 2. The second-order valence-corrected chi connectivity index (χ2v) is 4.45. The van der Waals surface area contributed by atoms with Crippen LogP contribution in [0.25, 0.3) is 0 Å². The molecule has 4 heteroatoms. The van der Waals surface area contributed by atoms with Gasteiger partial charge in [0, 0.05) is 12.2 Å². The Labute approximate surface area is 94.0 Å². The first-order chi connectivity index (χ1) is 7.79. The monoisotopic (exact) mass is 222 g/mol. The molecule has 3 atom stereocenters. The molecule has 1 aromatic rings. The summed E-state index contributed by atoms with van der Waals surface area (Å²) < 4.78 is 18.5. The summed E-state index contributed by atoms with van der Waals surface area (Å²) in [4.78, 5) is 2.29. The zero-order chi connectivity index (χ0) is 11.1. The van der Waals surface area contributed by atoms with Crippen LogP contribution >= 0.6 is 0 Å². The van der Waals surface area contributed by atoms with E-state index in [0.717, 1.165) is 18.7 Å². The molecule has 2 aliphatic rings. The van der Waals surface area contributed by atoms with Gasteiger partial charge in [0.05, 0.1) is 24.8 Å². The van der Waals surface area contributed by atoms with Crippen LogP contribution in [0.3, 0.4) is 0 Å². The van der Waals surface area contributed by atoms with Gasteiger partial charge in [-0.3, -0.25) is 0 Å². The maximum Gasteiger partial charge on any atom is 0.123 e. The molecule has 2 N–H and O–H groups in total. The van der Waals surface area contributed by atoms with Crippen molar-refractivity contribution < 1.29 is 9.13 Å². The zero-order valence-corrected chi connectivity index (χ0v) is 8.97. The molecule has 0 radical (unpaired) electrons. The summed E-state index contributed by atoms with van der Waals surface area (Å²) in [6.07, 6.45) is 1.29. The van der Waals surface area contributed by atoms with Crippen LogP contribution in [0.5, 0.6) is 0 Å². The third-order valence-electron chi connectivity index (χ3n) is 3.55. The number of hydrogen-bond acceptors (Lipinski definition) is 3. The minimum atomic E-state index is -0.200. The van der Waals surface area contributed by atoms with Gasteiger partial charge in [-0.25, -0.2) is 4.39 Å². The van der Waals surface area contributed by atoms with Crippen molar-refractivity contribution in [1.82, 2.24) is 0 Å². The number of fused-ring (bicyclic) bond motifs is 2. The number of anilines is 1. The van der Waals surface area contributed by atoms with E-state index in [1.54, 1.807) is 0 Å². The molecule has 0 aromatic heterocycles. The fourth-order valence-corrected chi connectivity index (χ4v) is 2.83. The molecule has 3 rings (SSSR count). The molecule has 2 bridgehead atoms. The number of morpholine rings is 1. The predicted molar refractivity (Wildman–Crippen MR) is 59.9 cm³/mol. The van der Waals surface area contributed by atoms with E-state index in [-0.39, 0.29) is 18.0 Å². The minimum absolute atomic E-state index is 0.200. The normalized spacial score (nSPS) is 32.4. The molecule has 3 nitrogen and oxygen atoms in total. The van der Waals surface area contributed by atoms with Gasteiger partial charge >= 0.3 is 0 Å². The zero-order valence-electron chi connectivity index (χ0n) is 8.97. The van der Waals surface area contributed by atoms with E-state index in [2.05, 4.69) is 4.90 Å². The van der Waals surface area contributed by atoms with E-state index < -0.39 is 0 Å². The Balaban J connectivity index is 1.91. The van der Waals surface area contributed by atoms with Crippen molar-refractivity contribution >= 4 is 5.69 Å². The predicted octanol–water partition coefficient (Wildman–Crippen LogP) is 1.13. The summed E-state index contributed by atoms with van der Waals surface area (Å²) in [7, 11) is 0. The average Bonchev–Trinajstić information content (AvgIpc) is 2.89. The quantitative estimate of drug-likeness (QED) is 0.815. The fraction of sp³-hybridized carbons (Fsp3) is 0.500. The Morgan fingerprint density at radius 3 is 2.81 bits per heavy atom. The van der Waals surface area contributed by atoms with Gasteiger partial charge in [-0.1, -0.05) is 0 Å². The number of ether oxygens (including phenoxy) is 1. The molecular formula is C12H15FN2O. The summed E-state index contributed by atoms with van der Waals surface area (Å²) in [5, 5.41) is 0. The Bertz CT molecular complexity index is 381. The molecule has 0 amide bonds. The lowest BCUT2D eigenvalue weighted by molar-refractivity contribution is 0.0720. The highest BCUT2D eigenvalue weighted by Crippen LogP contribution is 2.36. The molecule has 3 unspecified atom stereocenters. The van der Waals surface area contributed by atoms with Crippen LogP contribution in [0.2, 0.25) is 0 Å². The maximum absolute atomic E-state index is 12.9. The van der Waals surface area contributed by atoms with Crippen LogP contribution in [0.15, 0.2) is 24.3 Å². The molecule has 2 aliphatic heterocycles. The molecule has 16 heavy (non-hydrogen) atoms. The van der Waals surface area contributed by atoms with Gasteiger partial charge in [0.25, 0.3) is 0 Å². The van der Waals surface area contributed by atoms with E-state index in [9.17, 15) is 4.39 Å². The summed E-state index contributed by atoms with van der Waals surface area (Å²) in [5.41, 5.74) is 6.83. The molecule has 0 spiro atoms. The van der Waals surface area contributed by atoms with E-state index in [1.807, 2.05) is 12.1 Å². The first kappa shape index (κ1) is 10.1. The SMILES string of the molecule is NCC1C2CC(CO2)N1c1ccc(F)cc1. The first-order valence-electron chi connectivity index (χ1n) is 5.65. The Kier molecular flexibility index (Phi) is 2.33. The highest BCUT2D eigenvalue weighted by molar-refractivity contribution is 5.51. The highest BCUT2D eigenvalue weighted by Gasteiger charge is 2.46. The molecular weight excluding hydrogens is 207 g/mol.